The molecule has 1 fully saturated rings. The predicted molar refractivity (Wildman–Crippen MR) is 370 cm³/mol. The van der Waals surface area contributed by atoms with Gasteiger partial charge in [-0.1, -0.05) is 132 Å². The van der Waals surface area contributed by atoms with Gasteiger partial charge in [-0.15, -0.1) is 0 Å². The number of hydrogen-bond acceptors (Lipinski definition) is 15. The zero-order valence-electron chi connectivity index (χ0n) is 60.4. The van der Waals surface area contributed by atoms with Gasteiger partial charge in [0.25, 0.3) is 0 Å². The Kier molecular flexibility index (Phi) is 34.7. The lowest BCUT2D eigenvalue weighted by Crippen LogP contribution is -2.25. The van der Waals surface area contributed by atoms with Crippen LogP contribution in [0.25, 0.3) is 0 Å². The first kappa shape index (κ1) is 80.8. The summed E-state index contributed by atoms with van der Waals surface area (Å²) >= 11 is 0. The Hall–Kier alpha value is -6.64. The van der Waals surface area contributed by atoms with Crippen molar-refractivity contribution in [1.29, 1.82) is 0 Å². The van der Waals surface area contributed by atoms with Gasteiger partial charge in [-0.05, 0) is 202 Å². The summed E-state index contributed by atoms with van der Waals surface area (Å²) in [5.41, 5.74) is 4.17. The van der Waals surface area contributed by atoms with Gasteiger partial charge < -0.3 is 33.3 Å². The molecule has 0 N–H and O–H groups in total. The maximum Gasteiger partial charge on any atom is 0.310 e. The highest BCUT2D eigenvalue weighted by Gasteiger charge is 2.38. The molecule has 15 heteroatoms. The summed E-state index contributed by atoms with van der Waals surface area (Å²) in [6, 6.07) is 10.7. The van der Waals surface area contributed by atoms with E-state index in [2.05, 4.69) is 100 Å². The van der Waals surface area contributed by atoms with Crippen molar-refractivity contribution in [1.82, 2.24) is 0 Å². The second kappa shape index (κ2) is 40.8. The smallest absolute Gasteiger partial charge is 0.310 e. The van der Waals surface area contributed by atoms with Crippen molar-refractivity contribution >= 4 is 58.8 Å². The second-order valence-corrected chi connectivity index (χ2v) is 29.1. The Labute approximate surface area is 568 Å². The molecule has 526 valence electrons. The fourth-order valence-electron chi connectivity index (χ4n) is 13.3. The molecule has 2 aromatic rings. The monoisotopic (exact) mass is 1320 g/mol. The highest BCUT2D eigenvalue weighted by Crippen LogP contribution is 2.34. The van der Waals surface area contributed by atoms with E-state index in [1.54, 1.807) is 39.0 Å². The van der Waals surface area contributed by atoms with Gasteiger partial charge in [-0.25, -0.2) is 0 Å². The summed E-state index contributed by atoms with van der Waals surface area (Å²) in [6.07, 6.45) is 22.9. The van der Waals surface area contributed by atoms with Crippen molar-refractivity contribution in [3.05, 3.63) is 106 Å². The van der Waals surface area contributed by atoms with Crippen LogP contribution in [0.2, 0.25) is 0 Å². The standard InChI is InChI=1S/C33H44O7.C26H36O5.C21H36O3/c1-6-24-11-13-27(15-21(3)20(2)14-24)40-32(37)18-26-12-10-25(19-39-23(5)34)17-29(26)30(35)9-7-8-28-31(36)16-22(4)33(28)38;1-17-6-11-25(13-19(3)18(2)12-17)31-26(29)15-24-10-8-22(16-30-21(5)28)14-23(24)9-7-20(4)27;1-14(2)19(13-18(6)22)8-10-21(23)24-20-9-7-15(3)11-16(4)17(5)12-20/h10-13,17,20-22,24,27-28H,6-9,14-16,18-19H2,1-5H3;6,8,10-11,14,17-19,25H,7,9,12-13,15-16H2,1-5H3;7,9,14-17,19-20H,8,10-13H2,1-6H3/b13-11+;11-6+;9-7+. The molecule has 0 heterocycles. The number of esters is 5. The van der Waals surface area contributed by atoms with Gasteiger partial charge in [0.1, 0.15) is 54.7 Å². The Morgan fingerprint density at radius 2 is 0.989 bits per heavy atom. The number of rotatable bonds is 26. The zero-order chi connectivity index (χ0) is 70.6. The minimum Gasteiger partial charge on any atom is -0.461 e. The van der Waals surface area contributed by atoms with Crippen LogP contribution < -0.4 is 0 Å². The molecular weight excluding hydrogens is 1200 g/mol. The molecule has 4 aliphatic carbocycles. The molecule has 15 nitrogen and oxygen atoms in total. The van der Waals surface area contributed by atoms with Crippen LogP contribution in [0, 0.1) is 76.9 Å². The summed E-state index contributed by atoms with van der Waals surface area (Å²) < 4.78 is 27.6. The van der Waals surface area contributed by atoms with Crippen LogP contribution in [0.1, 0.15) is 245 Å². The average molecular weight is 1320 g/mol. The third kappa shape index (κ3) is 29.7. The number of carbonyl (C=O) groups is 10. The van der Waals surface area contributed by atoms with Crippen LogP contribution in [0.3, 0.4) is 0 Å². The van der Waals surface area contributed by atoms with Gasteiger partial charge in [-0.3, -0.25) is 38.4 Å². The maximum atomic E-state index is 13.3. The van der Waals surface area contributed by atoms with E-state index in [1.165, 1.54) is 20.3 Å². The number of Topliss-reactive ketones (excluding diaryl/α,β-unsaturated/α-hetero) is 5. The predicted octanol–water partition coefficient (Wildman–Crippen LogP) is 16.2. The molecule has 0 aliphatic heterocycles. The maximum absolute atomic E-state index is 13.3. The van der Waals surface area contributed by atoms with E-state index in [0.717, 1.165) is 61.6 Å². The number of carbonyl (C=O) groups excluding carboxylic acids is 10. The molecular formula is C80H116O15. The summed E-state index contributed by atoms with van der Waals surface area (Å²) in [6.45, 7) is 32.1. The number of ketones is 5. The Morgan fingerprint density at radius 1 is 0.516 bits per heavy atom. The van der Waals surface area contributed by atoms with E-state index in [-0.39, 0.29) is 116 Å². The lowest BCUT2D eigenvalue weighted by Gasteiger charge is -2.29. The highest BCUT2D eigenvalue weighted by atomic mass is 16.6. The third-order valence-electron chi connectivity index (χ3n) is 20.0. The topological polar surface area (TPSA) is 217 Å². The highest BCUT2D eigenvalue weighted by molar-refractivity contribution is 6.09. The van der Waals surface area contributed by atoms with Crippen molar-refractivity contribution in [3.63, 3.8) is 0 Å². The van der Waals surface area contributed by atoms with E-state index in [9.17, 15) is 47.9 Å². The van der Waals surface area contributed by atoms with Gasteiger partial charge in [-0.2, -0.15) is 0 Å². The van der Waals surface area contributed by atoms with E-state index < -0.39 is 17.9 Å². The summed E-state index contributed by atoms with van der Waals surface area (Å²) in [4.78, 5) is 121. The quantitative estimate of drug-likeness (QED) is 0.0281. The van der Waals surface area contributed by atoms with Crippen LogP contribution in [0.4, 0.5) is 0 Å². The van der Waals surface area contributed by atoms with E-state index >= 15 is 0 Å². The van der Waals surface area contributed by atoms with Crippen LogP contribution in [0.5, 0.6) is 0 Å². The minimum absolute atomic E-state index is 0.0187. The van der Waals surface area contributed by atoms with Crippen molar-refractivity contribution < 1.29 is 71.6 Å². The lowest BCUT2D eigenvalue weighted by atomic mass is 9.80. The van der Waals surface area contributed by atoms with Crippen LogP contribution >= 0.6 is 0 Å². The first-order valence-corrected chi connectivity index (χ1v) is 35.5. The average Bonchev–Trinajstić information content (AvgIpc) is 1.79. The molecule has 95 heavy (non-hydrogen) atoms. The number of hydrogen-bond donors (Lipinski definition) is 0. The van der Waals surface area contributed by atoms with Crippen molar-refractivity contribution in [2.45, 2.75) is 258 Å². The molecule has 0 spiro atoms. The van der Waals surface area contributed by atoms with Gasteiger partial charge in [0.15, 0.2) is 5.78 Å². The Bertz CT molecular complexity index is 2980. The second-order valence-electron chi connectivity index (χ2n) is 29.1. The minimum atomic E-state index is -0.623. The van der Waals surface area contributed by atoms with E-state index in [1.807, 2.05) is 30.4 Å². The molecule has 0 saturated heterocycles. The number of allylic oxidation sites excluding steroid dienone is 3. The van der Waals surface area contributed by atoms with Crippen molar-refractivity contribution in [2.75, 3.05) is 0 Å². The third-order valence-corrected chi connectivity index (χ3v) is 20.0. The molecule has 0 aromatic heterocycles. The van der Waals surface area contributed by atoms with Gasteiger partial charge in [0.05, 0.1) is 18.8 Å². The number of ether oxygens (including phenoxy) is 5. The molecule has 0 amide bonds. The fraction of sp³-hybridized carbons (Fsp3) is 0.650. The fourth-order valence-corrected chi connectivity index (χ4v) is 13.3. The molecule has 15 unspecified atom stereocenters. The zero-order valence-corrected chi connectivity index (χ0v) is 60.4. The van der Waals surface area contributed by atoms with E-state index in [4.69, 9.17) is 23.7 Å². The van der Waals surface area contributed by atoms with Crippen LogP contribution in [-0.2, 0) is 99.3 Å². The first-order chi connectivity index (χ1) is 44.8. The molecule has 4 aliphatic rings. The molecule has 15 atom stereocenters. The van der Waals surface area contributed by atoms with Gasteiger partial charge in [0.2, 0.25) is 0 Å². The number of benzene rings is 2. The first-order valence-electron chi connectivity index (χ1n) is 35.5. The normalized spacial score (nSPS) is 27.3. The van der Waals surface area contributed by atoms with Gasteiger partial charge >= 0.3 is 29.8 Å². The molecule has 0 bridgehead atoms. The Morgan fingerprint density at radius 3 is 1.46 bits per heavy atom. The molecule has 2 aromatic carbocycles. The van der Waals surface area contributed by atoms with Crippen LogP contribution in [0.15, 0.2) is 72.9 Å². The van der Waals surface area contributed by atoms with Crippen molar-refractivity contribution in [3.8, 4) is 0 Å². The summed E-state index contributed by atoms with van der Waals surface area (Å²) in [5.74, 6) is 2.92. The summed E-state index contributed by atoms with van der Waals surface area (Å²) in [7, 11) is 0. The molecule has 1 saturated carbocycles. The summed E-state index contributed by atoms with van der Waals surface area (Å²) in [5, 5.41) is 0. The molecule has 0 radical (unpaired) electrons. The van der Waals surface area contributed by atoms with Crippen molar-refractivity contribution in [2.24, 2.45) is 76.9 Å². The van der Waals surface area contributed by atoms with E-state index in [0.29, 0.717) is 114 Å². The van der Waals surface area contributed by atoms with Gasteiger partial charge in [0, 0.05) is 57.4 Å². The van der Waals surface area contributed by atoms with Crippen LogP contribution in [-0.4, -0.2) is 77.1 Å². The Balaban J connectivity index is 0.000000314. The number of aryl methyl sites for hydroxylation is 1. The molecule has 6 rings (SSSR count). The largest absolute Gasteiger partial charge is 0.461 e. The lowest BCUT2D eigenvalue weighted by molar-refractivity contribution is -0.149. The SMILES string of the molecule is CC(=O)CC(CCC(=O)OC1/C=C/C(C)CC(C)C(C)C1)C(C)C.CC(=O)CCc1cc(COC(C)=O)ccc1CC(=O)OC1/C=C/C(C)CC(C)C(C)C1.CCC1/C=C/C(OC(=O)Cc2ccc(COC(C)=O)cc2C(=O)CCCC2C(=O)CC(C)C2=O)CC(C)C(C)C1.